The molecule has 144 valence electrons. The first kappa shape index (κ1) is 20.1. The predicted molar refractivity (Wildman–Crippen MR) is 95.7 cm³/mol. The molecule has 2 aromatic rings. The van der Waals surface area contributed by atoms with Gasteiger partial charge in [0.25, 0.3) is 0 Å². The summed E-state index contributed by atoms with van der Waals surface area (Å²) in [6.07, 6.45) is -2.74. The molecule has 0 aromatic heterocycles. The maximum absolute atomic E-state index is 12.1. The summed E-state index contributed by atoms with van der Waals surface area (Å²) >= 11 is 0. The highest BCUT2D eigenvalue weighted by atomic mass is 16.5. The maximum Gasteiger partial charge on any atom is 0.408 e. The van der Waals surface area contributed by atoms with Gasteiger partial charge in [0.05, 0.1) is 20.3 Å². The third-order valence-electron chi connectivity index (χ3n) is 3.82. The number of rotatable bonds is 8. The molecule has 0 unspecified atom stereocenters. The molecule has 0 radical (unpaired) electrons. The lowest BCUT2D eigenvalue weighted by Crippen LogP contribution is -2.40. The monoisotopic (exact) mass is 375 g/mol. The molecule has 0 spiro atoms. The summed E-state index contributed by atoms with van der Waals surface area (Å²) in [5.74, 6) is -0.730. The number of hydrogen-bond donors (Lipinski definition) is 3. The molecule has 2 aromatic carbocycles. The number of aliphatic hydroxyl groups excluding tert-OH is 1. The van der Waals surface area contributed by atoms with Gasteiger partial charge in [0, 0.05) is 0 Å². The van der Waals surface area contributed by atoms with Crippen molar-refractivity contribution in [3.63, 3.8) is 0 Å². The predicted octanol–water partition coefficient (Wildman–Crippen LogP) is 2.12. The fourth-order valence-electron chi connectivity index (χ4n) is 2.43. The number of alkyl carbamates (subject to hydrolysis) is 1. The lowest BCUT2D eigenvalue weighted by Gasteiger charge is -2.22. The second-order valence-electron chi connectivity index (χ2n) is 5.58. The van der Waals surface area contributed by atoms with Crippen LogP contribution in [0.4, 0.5) is 4.79 Å². The Morgan fingerprint density at radius 3 is 2.30 bits per heavy atom. The summed E-state index contributed by atoms with van der Waals surface area (Å²) in [6, 6.07) is 12.3. The molecule has 1 amide bonds. The number of carboxylic acids is 1. The molecule has 0 heterocycles. The Hall–Kier alpha value is -3.26. The van der Waals surface area contributed by atoms with Crippen LogP contribution in [0.3, 0.4) is 0 Å². The zero-order valence-electron chi connectivity index (χ0n) is 14.9. The van der Waals surface area contributed by atoms with Gasteiger partial charge in [-0.3, -0.25) is 0 Å². The quantitative estimate of drug-likeness (QED) is 0.647. The van der Waals surface area contributed by atoms with Crippen LogP contribution in [0.2, 0.25) is 0 Å². The van der Waals surface area contributed by atoms with E-state index < -0.39 is 24.2 Å². The van der Waals surface area contributed by atoms with Crippen LogP contribution in [0, 0.1) is 0 Å². The average molecular weight is 375 g/mol. The summed E-state index contributed by atoms with van der Waals surface area (Å²) in [5.41, 5.74) is 1.09. The van der Waals surface area contributed by atoms with E-state index in [1.807, 2.05) is 6.07 Å². The Bertz CT molecular complexity index is 779. The summed E-state index contributed by atoms with van der Waals surface area (Å²) in [6.45, 7) is 0.00843. The van der Waals surface area contributed by atoms with Crippen molar-refractivity contribution in [1.29, 1.82) is 0 Å². The molecular formula is C19H21NO7. The number of carbonyl (C=O) groups is 2. The van der Waals surface area contributed by atoms with Crippen LogP contribution < -0.4 is 14.8 Å². The van der Waals surface area contributed by atoms with E-state index in [2.05, 4.69) is 5.32 Å². The Morgan fingerprint density at radius 2 is 1.70 bits per heavy atom. The number of amides is 1. The number of hydrogen-bond acceptors (Lipinski definition) is 6. The van der Waals surface area contributed by atoms with Crippen LogP contribution >= 0.6 is 0 Å². The Kier molecular flexibility index (Phi) is 7.01. The highest BCUT2D eigenvalue weighted by Crippen LogP contribution is 2.31. The van der Waals surface area contributed by atoms with Gasteiger partial charge in [-0.15, -0.1) is 0 Å². The maximum atomic E-state index is 12.1. The number of aliphatic hydroxyl groups is 1. The first-order valence-electron chi connectivity index (χ1n) is 8.06. The molecule has 0 saturated carbocycles. The molecule has 0 aliphatic heterocycles. The molecule has 0 aliphatic rings. The number of aliphatic carboxylic acids is 1. The Labute approximate surface area is 156 Å². The highest BCUT2D eigenvalue weighted by Gasteiger charge is 2.30. The van der Waals surface area contributed by atoms with Gasteiger partial charge in [0.2, 0.25) is 0 Å². The third kappa shape index (κ3) is 5.35. The minimum Gasteiger partial charge on any atom is -0.493 e. The molecule has 0 aliphatic carbocycles. The van der Waals surface area contributed by atoms with Crippen molar-refractivity contribution in [2.24, 2.45) is 0 Å². The number of benzene rings is 2. The van der Waals surface area contributed by atoms with Crippen LogP contribution in [0.25, 0.3) is 0 Å². The SMILES string of the molecule is COc1ccc([C@@H](NC(=O)OCc2ccccc2)[C@H](O)C(=O)O)cc1OC. The van der Waals surface area contributed by atoms with Crippen molar-refractivity contribution < 1.29 is 34.0 Å². The first-order valence-corrected chi connectivity index (χ1v) is 8.06. The zero-order chi connectivity index (χ0) is 19.8. The molecule has 2 atom stereocenters. The first-order chi connectivity index (χ1) is 13.0. The zero-order valence-corrected chi connectivity index (χ0v) is 14.9. The number of carbonyl (C=O) groups excluding carboxylic acids is 1. The Morgan fingerprint density at radius 1 is 1.04 bits per heavy atom. The van der Waals surface area contributed by atoms with Crippen LogP contribution in [0.5, 0.6) is 11.5 Å². The molecule has 8 heteroatoms. The van der Waals surface area contributed by atoms with Gasteiger partial charge in [0.1, 0.15) is 6.61 Å². The average Bonchev–Trinajstić information content (AvgIpc) is 2.70. The summed E-state index contributed by atoms with van der Waals surface area (Å²) < 4.78 is 15.4. The second-order valence-corrected chi connectivity index (χ2v) is 5.58. The molecular weight excluding hydrogens is 354 g/mol. The van der Waals surface area contributed by atoms with E-state index in [4.69, 9.17) is 19.3 Å². The molecule has 0 saturated heterocycles. The van der Waals surface area contributed by atoms with E-state index in [9.17, 15) is 14.7 Å². The standard InChI is InChI=1S/C19H21NO7/c1-25-14-9-8-13(10-15(14)26-2)16(17(21)18(22)23)20-19(24)27-11-12-6-4-3-5-7-12/h3-10,16-17,21H,11H2,1-2H3,(H,20,24)(H,22,23)/t16-,17+/m1/s1. The normalized spacial score (nSPS) is 12.6. The minimum absolute atomic E-state index is 0.00843. The van der Waals surface area contributed by atoms with Crippen molar-refractivity contribution in [1.82, 2.24) is 5.32 Å². The van der Waals surface area contributed by atoms with E-state index in [0.29, 0.717) is 17.1 Å². The van der Waals surface area contributed by atoms with E-state index in [1.165, 1.54) is 26.4 Å². The van der Waals surface area contributed by atoms with Crippen LogP contribution in [0.1, 0.15) is 17.2 Å². The van der Waals surface area contributed by atoms with E-state index in [1.54, 1.807) is 30.3 Å². The lowest BCUT2D eigenvalue weighted by molar-refractivity contribution is -0.148. The molecule has 27 heavy (non-hydrogen) atoms. The van der Waals surface area contributed by atoms with Gasteiger partial charge in [0.15, 0.2) is 17.6 Å². The molecule has 8 nitrogen and oxygen atoms in total. The number of ether oxygens (including phenoxy) is 3. The summed E-state index contributed by atoms with van der Waals surface area (Å²) in [4.78, 5) is 23.4. The largest absolute Gasteiger partial charge is 0.493 e. The topological polar surface area (TPSA) is 114 Å². The fraction of sp³-hybridized carbons (Fsp3) is 0.263. The van der Waals surface area contributed by atoms with Crippen molar-refractivity contribution in [2.45, 2.75) is 18.8 Å². The van der Waals surface area contributed by atoms with Crippen LogP contribution in [0.15, 0.2) is 48.5 Å². The number of carboxylic acid groups (broad SMARTS) is 1. The highest BCUT2D eigenvalue weighted by molar-refractivity contribution is 5.76. The van der Waals surface area contributed by atoms with Crippen molar-refractivity contribution in [3.8, 4) is 11.5 Å². The molecule has 2 rings (SSSR count). The van der Waals surface area contributed by atoms with Crippen LogP contribution in [-0.4, -0.2) is 42.6 Å². The van der Waals surface area contributed by atoms with Gasteiger partial charge < -0.3 is 29.7 Å². The number of nitrogens with one attached hydrogen (secondary N) is 1. The molecule has 3 N–H and O–H groups in total. The van der Waals surface area contributed by atoms with Gasteiger partial charge in [-0.1, -0.05) is 36.4 Å². The van der Waals surface area contributed by atoms with Gasteiger partial charge in [-0.05, 0) is 23.3 Å². The van der Waals surface area contributed by atoms with E-state index >= 15 is 0 Å². The Balaban J connectivity index is 2.17. The molecule has 0 fully saturated rings. The number of methoxy groups -OCH3 is 2. The van der Waals surface area contributed by atoms with Gasteiger partial charge in [-0.2, -0.15) is 0 Å². The van der Waals surface area contributed by atoms with Crippen molar-refractivity contribution >= 4 is 12.1 Å². The lowest BCUT2D eigenvalue weighted by atomic mass is 10.0. The van der Waals surface area contributed by atoms with E-state index in [0.717, 1.165) is 5.56 Å². The van der Waals surface area contributed by atoms with Crippen molar-refractivity contribution in [3.05, 3.63) is 59.7 Å². The van der Waals surface area contributed by atoms with Gasteiger partial charge in [-0.25, -0.2) is 9.59 Å². The minimum atomic E-state index is -1.88. The second kappa shape index (κ2) is 9.44. The molecule has 0 bridgehead atoms. The summed E-state index contributed by atoms with van der Waals surface area (Å²) in [5, 5.41) is 21.6. The van der Waals surface area contributed by atoms with E-state index in [-0.39, 0.29) is 6.61 Å². The van der Waals surface area contributed by atoms with Crippen molar-refractivity contribution in [2.75, 3.05) is 14.2 Å². The smallest absolute Gasteiger partial charge is 0.408 e. The fourth-order valence-corrected chi connectivity index (χ4v) is 2.43. The summed E-state index contributed by atoms with van der Waals surface area (Å²) in [7, 11) is 2.88. The third-order valence-corrected chi connectivity index (χ3v) is 3.82. The van der Waals surface area contributed by atoms with Crippen LogP contribution in [-0.2, 0) is 16.1 Å². The van der Waals surface area contributed by atoms with Gasteiger partial charge >= 0.3 is 12.1 Å².